The first-order chi connectivity index (χ1) is 16.0. The zero-order valence-electron chi connectivity index (χ0n) is 22.8. The minimum Gasteiger partial charge on any atom is -0.469 e. The Labute approximate surface area is 210 Å². The topological polar surface area (TPSA) is 130 Å². The van der Waals surface area contributed by atoms with Crippen LogP contribution >= 0.6 is 0 Å². The molecule has 9 heteroatoms. The van der Waals surface area contributed by atoms with Gasteiger partial charge in [0.1, 0.15) is 24.0 Å². The highest BCUT2D eigenvalue weighted by atomic mass is 16.5. The number of methoxy groups -OCH3 is 3. The van der Waals surface area contributed by atoms with Crippen LogP contribution in [0, 0.1) is 42.4 Å². The van der Waals surface area contributed by atoms with Crippen LogP contribution in [0.1, 0.15) is 61.8 Å². The van der Waals surface area contributed by atoms with Crippen LogP contribution in [0.3, 0.4) is 0 Å². The second kappa shape index (κ2) is 40.5. The van der Waals surface area contributed by atoms with Crippen molar-refractivity contribution in [3.8, 4) is 35.5 Å². The lowest BCUT2D eigenvalue weighted by Gasteiger charge is -1.84. The van der Waals surface area contributed by atoms with Crippen LogP contribution in [-0.2, 0) is 43.0 Å². The van der Waals surface area contributed by atoms with E-state index in [2.05, 4.69) is 56.7 Å². The standard InChI is InChI=1S/C10H7O.C4H8O2.2C3H6O2.2C3H6O/c1-3-4-5-6-7-8-9-10(2)11;1-4(5)3-6-2;2*1-3(4)5-2;2*1-3(2)4/h1,9H2,2H3;3H2,1-2H3;2*1-2H3;2*1-2H3/q-1;;;;;. The van der Waals surface area contributed by atoms with Gasteiger partial charge in [0.15, 0.2) is 5.78 Å². The fraction of sp³-hybridized carbons (Fsp3) is 0.500. The Morgan fingerprint density at radius 1 is 0.600 bits per heavy atom. The van der Waals surface area contributed by atoms with Crippen LogP contribution < -0.4 is 0 Å². The molecule has 0 radical (unpaired) electrons. The van der Waals surface area contributed by atoms with Crippen molar-refractivity contribution in [2.24, 2.45) is 0 Å². The number of carbonyl (C=O) groups excluding carboxylic acids is 6. The molecule has 0 unspecified atom stereocenters. The van der Waals surface area contributed by atoms with E-state index >= 15 is 0 Å². The Hall–Kier alpha value is -3.87. The summed E-state index contributed by atoms with van der Waals surface area (Å²) in [5.41, 5.74) is 0. The predicted molar refractivity (Wildman–Crippen MR) is 135 cm³/mol. The summed E-state index contributed by atoms with van der Waals surface area (Å²) in [6.45, 7) is 15.3. The summed E-state index contributed by atoms with van der Waals surface area (Å²) in [7, 11) is 4.20. The number of hydrogen-bond donors (Lipinski definition) is 0. The Balaban J connectivity index is -0.0000000761. The minimum atomic E-state index is -0.245. The molecule has 0 aromatic heterocycles. The lowest BCUT2D eigenvalue weighted by molar-refractivity contribution is -0.138. The second-order valence-electron chi connectivity index (χ2n) is 6.08. The molecule has 0 heterocycles. The summed E-state index contributed by atoms with van der Waals surface area (Å²) in [6.07, 6.45) is 0.256. The Morgan fingerprint density at radius 3 is 1.09 bits per heavy atom. The molecule has 0 amide bonds. The first-order valence-corrected chi connectivity index (χ1v) is 9.81. The number of rotatable bonds is 3. The molecular formula is C26H39O9-. The third-order valence-corrected chi connectivity index (χ3v) is 1.62. The van der Waals surface area contributed by atoms with E-state index in [0.717, 1.165) is 0 Å². The second-order valence-corrected chi connectivity index (χ2v) is 6.08. The summed E-state index contributed by atoms with van der Waals surface area (Å²) in [4.78, 5) is 58.3. The molecule has 0 rings (SSSR count). The average Bonchev–Trinajstić information content (AvgIpc) is 2.70. The van der Waals surface area contributed by atoms with E-state index in [-0.39, 0.29) is 48.1 Å². The van der Waals surface area contributed by atoms with E-state index in [1.165, 1.54) is 76.7 Å². The molecule has 0 aromatic rings. The number of ether oxygens (including phenoxy) is 3. The van der Waals surface area contributed by atoms with Crippen molar-refractivity contribution >= 4 is 35.1 Å². The van der Waals surface area contributed by atoms with Gasteiger partial charge >= 0.3 is 11.9 Å². The largest absolute Gasteiger partial charge is 0.469 e. The molecule has 9 nitrogen and oxygen atoms in total. The maximum atomic E-state index is 10.3. The number of esters is 2. The minimum absolute atomic E-state index is 0.0440. The fourth-order valence-corrected chi connectivity index (χ4v) is 0.523. The Morgan fingerprint density at radius 2 is 0.914 bits per heavy atom. The highest BCUT2D eigenvalue weighted by molar-refractivity contribution is 5.78. The van der Waals surface area contributed by atoms with Gasteiger partial charge in [0.05, 0.1) is 20.6 Å². The molecule has 0 saturated heterocycles. The van der Waals surface area contributed by atoms with Crippen molar-refractivity contribution in [3.63, 3.8) is 0 Å². The molecule has 0 bridgehead atoms. The van der Waals surface area contributed by atoms with E-state index in [1.54, 1.807) is 0 Å². The molecule has 0 atom stereocenters. The summed E-state index contributed by atoms with van der Waals surface area (Å²) >= 11 is 0. The van der Waals surface area contributed by atoms with Crippen molar-refractivity contribution in [2.75, 3.05) is 27.9 Å². The average molecular weight is 496 g/mol. The van der Waals surface area contributed by atoms with Crippen LogP contribution in [0.4, 0.5) is 0 Å². The van der Waals surface area contributed by atoms with Gasteiger partial charge in [0.25, 0.3) is 0 Å². The summed E-state index contributed by atoms with van der Waals surface area (Å²) in [5, 5.41) is 0. The molecule has 0 saturated carbocycles. The Kier molecular flexibility index (Phi) is 51.8. The molecule has 0 spiro atoms. The van der Waals surface area contributed by atoms with E-state index in [4.69, 9.17) is 0 Å². The first-order valence-electron chi connectivity index (χ1n) is 9.81. The first kappa shape index (κ1) is 44.7. The van der Waals surface area contributed by atoms with Crippen molar-refractivity contribution < 1.29 is 43.0 Å². The van der Waals surface area contributed by atoms with Crippen LogP contribution in [0.15, 0.2) is 0 Å². The lowest BCUT2D eigenvalue weighted by atomic mass is 10.3. The monoisotopic (exact) mass is 495 g/mol. The Bertz CT molecular complexity index is 756. The van der Waals surface area contributed by atoms with Crippen LogP contribution in [0.25, 0.3) is 0 Å². The maximum absolute atomic E-state index is 10.3. The molecule has 0 aliphatic heterocycles. The van der Waals surface area contributed by atoms with Gasteiger partial charge in [-0.25, -0.2) is 5.92 Å². The van der Waals surface area contributed by atoms with E-state index in [0.29, 0.717) is 0 Å². The van der Waals surface area contributed by atoms with Crippen LogP contribution in [0.2, 0.25) is 0 Å². The maximum Gasteiger partial charge on any atom is 0.302 e. The number of hydrogen-bond acceptors (Lipinski definition) is 9. The SMILES string of the molecule is CC(C)=O.CC(C)=O.COC(C)=O.COC(C)=O.COCC(C)=O.[CH2-]C#CC#CC#CCC(C)=O. The van der Waals surface area contributed by atoms with E-state index < -0.39 is 0 Å². The smallest absolute Gasteiger partial charge is 0.302 e. The lowest BCUT2D eigenvalue weighted by Crippen LogP contribution is -1.98. The zero-order chi connectivity index (χ0) is 29.2. The van der Waals surface area contributed by atoms with Crippen LogP contribution in [0.5, 0.6) is 0 Å². The van der Waals surface area contributed by atoms with Gasteiger partial charge in [-0.3, -0.25) is 25.1 Å². The van der Waals surface area contributed by atoms with Gasteiger partial charge in [0, 0.05) is 21.0 Å². The van der Waals surface area contributed by atoms with Gasteiger partial charge in [-0.2, -0.15) is 6.92 Å². The highest BCUT2D eigenvalue weighted by Crippen LogP contribution is 1.74. The van der Waals surface area contributed by atoms with Gasteiger partial charge in [-0.05, 0) is 53.4 Å². The number of Topliss-reactive ketones (excluding diaryl/α,β-unsaturated/α-hetero) is 4. The van der Waals surface area contributed by atoms with Crippen molar-refractivity contribution in [3.05, 3.63) is 6.92 Å². The third-order valence-electron chi connectivity index (χ3n) is 1.62. The van der Waals surface area contributed by atoms with Crippen molar-refractivity contribution in [2.45, 2.75) is 61.8 Å². The predicted octanol–water partition coefficient (Wildman–Crippen LogP) is 2.58. The molecular weight excluding hydrogens is 456 g/mol. The third kappa shape index (κ3) is 192. The van der Waals surface area contributed by atoms with E-state index in [1.807, 2.05) is 0 Å². The number of ketones is 4. The number of carbonyl (C=O) groups is 6. The van der Waals surface area contributed by atoms with Gasteiger partial charge < -0.3 is 23.8 Å². The summed E-state index contributed by atoms with van der Waals surface area (Å²) in [6, 6.07) is 0. The molecule has 0 aromatic carbocycles. The molecule has 198 valence electrons. The zero-order valence-corrected chi connectivity index (χ0v) is 22.8. The van der Waals surface area contributed by atoms with Gasteiger partial charge in [-0.15, -0.1) is 5.92 Å². The molecule has 0 aliphatic rings. The fourth-order valence-electron chi connectivity index (χ4n) is 0.523. The van der Waals surface area contributed by atoms with E-state index in [9.17, 15) is 28.8 Å². The normalized spacial score (nSPS) is 6.60. The quantitative estimate of drug-likeness (QED) is 0.329. The molecule has 0 N–H and O–H groups in total. The van der Waals surface area contributed by atoms with Crippen molar-refractivity contribution in [1.82, 2.24) is 0 Å². The van der Waals surface area contributed by atoms with Gasteiger partial charge in [0.2, 0.25) is 0 Å². The highest BCUT2D eigenvalue weighted by Gasteiger charge is 1.83. The summed E-state index contributed by atoms with van der Waals surface area (Å²) < 4.78 is 12.7. The van der Waals surface area contributed by atoms with Crippen LogP contribution in [-0.4, -0.2) is 63.0 Å². The van der Waals surface area contributed by atoms with Crippen molar-refractivity contribution in [1.29, 1.82) is 0 Å². The summed E-state index contributed by atoms with van der Waals surface area (Å²) in [5.74, 6) is 14.7. The molecule has 0 fully saturated rings. The van der Waals surface area contributed by atoms with Gasteiger partial charge in [-0.1, -0.05) is 5.92 Å². The molecule has 35 heavy (non-hydrogen) atoms. The molecule has 0 aliphatic carbocycles.